The second kappa shape index (κ2) is 6.20. The van der Waals surface area contributed by atoms with Crippen molar-refractivity contribution in [1.82, 2.24) is 34.7 Å². The minimum Gasteiger partial charge on any atom is -0.335 e. The van der Waals surface area contributed by atoms with Crippen molar-refractivity contribution in [2.24, 2.45) is 0 Å². The van der Waals surface area contributed by atoms with Gasteiger partial charge in [0.15, 0.2) is 11.6 Å². The van der Waals surface area contributed by atoms with Gasteiger partial charge in [0.05, 0.1) is 0 Å². The molecule has 0 unspecified atom stereocenters. The Hall–Kier alpha value is -2.48. The molecule has 0 bridgehead atoms. The first-order valence-electron chi connectivity index (χ1n) is 7.98. The number of rotatable bonds is 5. The smallest absolute Gasteiger partial charge is 0.202 e. The average Bonchev–Trinajstić information content (AvgIpc) is 3.19. The molecule has 0 amide bonds. The second-order valence-corrected chi connectivity index (χ2v) is 6.05. The van der Waals surface area contributed by atoms with Crippen LogP contribution < -0.4 is 4.90 Å². The lowest BCUT2D eigenvalue weighted by Gasteiger charge is -2.27. The number of fused-ring (bicyclic) bond motifs is 3. The van der Waals surface area contributed by atoms with Crippen molar-refractivity contribution in [3.63, 3.8) is 0 Å². The zero-order valence-corrected chi connectivity index (χ0v) is 14.0. The molecule has 3 aromatic heterocycles. The Balaban J connectivity index is 1.71. The quantitative estimate of drug-likeness (QED) is 0.716. The zero-order valence-electron chi connectivity index (χ0n) is 13.3. The third kappa shape index (κ3) is 2.62. The van der Waals surface area contributed by atoms with Crippen molar-refractivity contribution < 1.29 is 0 Å². The van der Waals surface area contributed by atoms with Gasteiger partial charge in [-0.25, -0.2) is 19.6 Å². The molecule has 4 rings (SSSR count). The van der Waals surface area contributed by atoms with E-state index in [9.17, 15) is 0 Å². The van der Waals surface area contributed by atoms with Crippen molar-refractivity contribution in [3.05, 3.63) is 23.9 Å². The van der Waals surface area contributed by atoms with Crippen LogP contribution in [0.4, 0.5) is 5.82 Å². The maximum Gasteiger partial charge on any atom is 0.202 e. The molecule has 9 heteroatoms. The summed E-state index contributed by atoms with van der Waals surface area (Å²) < 4.78 is 1.86. The first-order chi connectivity index (χ1) is 11.8. The van der Waals surface area contributed by atoms with Gasteiger partial charge in [0, 0.05) is 12.7 Å². The fourth-order valence-electron chi connectivity index (χ4n) is 2.84. The van der Waals surface area contributed by atoms with E-state index in [-0.39, 0.29) is 0 Å². The molecule has 0 spiro atoms. The molecule has 0 aromatic carbocycles. The molecular formula is C15H17ClN8. The number of hydrogen-bond acceptors (Lipinski definition) is 6. The van der Waals surface area contributed by atoms with Crippen LogP contribution in [0.1, 0.15) is 26.2 Å². The highest BCUT2D eigenvalue weighted by Crippen LogP contribution is 2.34. The summed E-state index contributed by atoms with van der Waals surface area (Å²) >= 11 is 6.10. The third-order valence-electron chi connectivity index (χ3n) is 4.00. The molecule has 8 nitrogen and oxygen atoms in total. The number of aromatic nitrogens is 7. The maximum atomic E-state index is 6.10. The Morgan fingerprint density at radius 3 is 3.00 bits per heavy atom. The summed E-state index contributed by atoms with van der Waals surface area (Å²) in [5.41, 5.74) is 1.49. The van der Waals surface area contributed by atoms with Crippen LogP contribution in [-0.2, 0) is 6.67 Å². The fraction of sp³-hybridized carbons (Fsp3) is 0.400. The number of hydrogen-bond donors (Lipinski definition) is 1. The summed E-state index contributed by atoms with van der Waals surface area (Å²) in [6.45, 7) is 3.70. The highest BCUT2D eigenvalue weighted by molar-refractivity contribution is 6.28. The van der Waals surface area contributed by atoms with Gasteiger partial charge < -0.3 is 9.88 Å². The van der Waals surface area contributed by atoms with E-state index in [1.54, 1.807) is 12.3 Å². The highest BCUT2D eigenvalue weighted by Gasteiger charge is 2.29. The minimum absolute atomic E-state index is 0.362. The van der Waals surface area contributed by atoms with Crippen molar-refractivity contribution >= 4 is 17.4 Å². The van der Waals surface area contributed by atoms with Crippen molar-refractivity contribution in [3.8, 4) is 23.0 Å². The third-order valence-corrected chi connectivity index (χ3v) is 4.18. The van der Waals surface area contributed by atoms with Crippen molar-refractivity contribution in [1.29, 1.82) is 0 Å². The Bertz CT molecular complexity index is 841. The fourth-order valence-corrected chi connectivity index (χ4v) is 3.01. The number of anilines is 1. The van der Waals surface area contributed by atoms with Crippen LogP contribution in [0.5, 0.6) is 0 Å². The predicted octanol–water partition coefficient (Wildman–Crippen LogP) is 2.75. The number of imidazole rings is 1. The molecule has 3 aromatic rings. The molecule has 0 fully saturated rings. The Kier molecular flexibility index (Phi) is 3.89. The van der Waals surface area contributed by atoms with E-state index in [2.05, 4.69) is 41.8 Å². The zero-order chi connectivity index (χ0) is 16.5. The summed E-state index contributed by atoms with van der Waals surface area (Å²) in [7, 11) is 0. The van der Waals surface area contributed by atoms with Crippen LogP contribution in [0.2, 0.25) is 5.28 Å². The van der Waals surface area contributed by atoms with E-state index in [4.69, 9.17) is 11.6 Å². The van der Waals surface area contributed by atoms with Crippen LogP contribution in [0, 0.1) is 0 Å². The lowest BCUT2D eigenvalue weighted by atomic mass is 10.2. The van der Waals surface area contributed by atoms with Gasteiger partial charge in [-0.2, -0.15) is 4.98 Å². The summed E-state index contributed by atoms with van der Waals surface area (Å²) in [4.78, 5) is 22.5. The van der Waals surface area contributed by atoms with Crippen LogP contribution in [0.15, 0.2) is 18.6 Å². The molecule has 1 aliphatic rings. The first kappa shape index (κ1) is 15.1. The van der Waals surface area contributed by atoms with Crippen LogP contribution in [0.25, 0.3) is 23.0 Å². The second-order valence-electron chi connectivity index (χ2n) is 5.69. The van der Waals surface area contributed by atoms with E-state index in [0.717, 1.165) is 30.3 Å². The Morgan fingerprint density at radius 1 is 1.29 bits per heavy atom. The standard InChI is InChI=1S/C15H17ClN8/c1-2-3-4-7-23-9-24-14(11-13(23)21-15(16)19-11)20-12(22-24)10-5-6-17-8-18-10/h5-6,8H,2-4,7,9H2,1H3,(H,19,21). The molecule has 0 saturated carbocycles. The maximum absolute atomic E-state index is 6.10. The van der Waals surface area contributed by atoms with Gasteiger partial charge in [-0.15, -0.1) is 5.10 Å². The van der Waals surface area contributed by atoms with Gasteiger partial charge in [-0.05, 0) is 24.1 Å². The lowest BCUT2D eigenvalue weighted by Crippen LogP contribution is -2.32. The van der Waals surface area contributed by atoms with E-state index >= 15 is 0 Å². The summed E-state index contributed by atoms with van der Waals surface area (Å²) in [5, 5.41) is 4.95. The molecule has 1 N–H and O–H groups in total. The van der Waals surface area contributed by atoms with Gasteiger partial charge in [-0.3, -0.25) is 0 Å². The molecule has 0 atom stereocenters. The van der Waals surface area contributed by atoms with Gasteiger partial charge in [0.1, 0.15) is 24.4 Å². The Labute approximate surface area is 143 Å². The molecular weight excluding hydrogens is 328 g/mol. The lowest BCUT2D eigenvalue weighted by molar-refractivity contribution is 0.548. The van der Waals surface area contributed by atoms with Gasteiger partial charge >= 0.3 is 0 Å². The highest BCUT2D eigenvalue weighted by atomic mass is 35.5. The van der Waals surface area contributed by atoms with Crippen LogP contribution >= 0.6 is 11.6 Å². The van der Waals surface area contributed by atoms with E-state index in [0.29, 0.717) is 23.5 Å². The molecule has 124 valence electrons. The van der Waals surface area contributed by atoms with Crippen molar-refractivity contribution in [2.45, 2.75) is 32.9 Å². The van der Waals surface area contributed by atoms with E-state index in [1.807, 2.05) is 4.68 Å². The molecule has 24 heavy (non-hydrogen) atoms. The van der Waals surface area contributed by atoms with Crippen molar-refractivity contribution in [2.75, 3.05) is 11.4 Å². The van der Waals surface area contributed by atoms with E-state index < -0.39 is 0 Å². The van der Waals surface area contributed by atoms with Gasteiger partial charge in [-0.1, -0.05) is 19.8 Å². The number of nitrogens with one attached hydrogen (secondary N) is 1. The number of nitrogens with zero attached hydrogens (tertiary/aromatic N) is 7. The molecule has 1 aliphatic heterocycles. The topological polar surface area (TPSA) is 88.4 Å². The number of aromatic amines is 1. The monoisotopic (exact) mass is 344 g/mol. The number of halogens is 1. The first-order valence-corrected chi connectivity index (χ1v) is 8.36. The predicted molar refractivity (Wildman–Crippen MR) is 90.5 cm³/mol. The Morgan fingerprint density at radius 2 is 2.21 bits per heavy atom. The number of unbranched alkanes of at least 4 members (excludes halogenated alkanes) is 2. The van der Waals surface area contributed by atoms with Gasteiger partial charge in [0.25, 0.3) is 0 Å². The minimum atomic E-state index is 0.362. The van der Waals surface area contributed by atoms with Gasteiger partial charge in [0.2, 0.25) is 11.1 Å². The SMILES string of the molecule is CCCCCN1Cn2nc(-c3ccncn3)nc2-c2[nH]c(Cl)nc21. The van der Waals surface area contributed by atoms with Crippen LogP contribution in [0.3, 0.4) is 0 Å². The van der Waals surface area contributed by atoms with E-state index in [1.165, 1.54) is 19.2 Å². The molecule has 4 heterocycles. The summed E-state index contributed by atoms with van der Waals surface area (Å²) in [6, 6.07) is 1.79. The van der Waals surface area contributed by atoms with Crippen LogP contribution in [-0.4, -0.2) is 41.2 Å². The molecule has 0 aliphatic carbocycles. The summed E-state index contributed by atoms with van der Waals surface area (Å²) in [5.74, 6) is 2.13. The molecule has 0 radical (unpaired) electrons. The summed E-state index contributed by atoms with van der Waals surface area (Å²) in [6.07, 6.45) is 6.63. The normalized spacial score (nSPS) is 13.0. The average molecular weight is 345 g/mol. The molecule has 0 saturated heterocycles. The number of H-pyrrole nitrogens is 1. The largest absolute Gasteiger partial charge is 0.335 e.